The number of fused-ring (bicyclic) bond motifs is 6. The van der Waals surface area contributed by atoms with Crippen LogP contribution in [0.2, 0.25) is 0 Å². The molecule has 0 saturated heterocycles. The molecule has 272 valence electrons. The van der Waals surface area contributed by atoms with E-state index in [-0.39, 0.29) is 35.6 Å². The zero-order chi connectivity index (χ0) is 37.4. The molecule has 0 radical (unpaired) electrons. The molecule has 0 bridgehead atoms. The van der Waals surface area contributed by atoms with E-state index in [1.807, 2.05) is 27.7 Å². The van der Waals surface area contributed by atoms with E-state index < -0.39 is 5.97 Å². The maximum atomic E-state index is 13.5. The number of aromatic nitrogens is 10. The Hall–Kier alpha value is -5.83. The van der Waals surface area contributed by atoms with Crippen molar-refractivity contribution in [1.29, 1.82) is 0 Å². The Kier molecular flexibility index (Phi) is 9.84. The minimum atomic E-state index is -1.04. The summed E-state index contributed by atoms with van der Waals surface area (Å²) in [6, 6.07) is 12.3. The summed E-state index contributed by atoms with van der Waals surface area (Å²) in [4.78, 5) is 21.8. The maximum absolute atomic E-state index is 13.5. The first-order chi connectivity index (χ1) is 25.6. The molecule has 8 rings (SSSR count). The van der Waals surface area contributed by atoms with Gasteiger partial charge in [0.05, 0.1) is 17.9 Å². The minimum absolute atomic E-state index is 0.117. The molecule has 0 aliphatic carbocycles. The molecule has 0 amide bonds. The summed E-state index contributed by atoms with van der Waals surface area (Å²) in [6.07, 6.45) is 3.03. The highest BCUT2D eigenvalue weighted by atomic mass is 19.1. The van der Waals surface area contributed by atoms with Gasteiger partial charge in [-0.25, -0.2) is 32.9 Å². The van der Waals surface area contributed by atoms with Crippen LogP contribution in [0.25, 0.3) is 45.3 Å². The maximum Gasteiger partial charge on any atom is 0.338 e. The molecule has 2 aliphatic rings. The molecule has 0 unspecified atom stereocenters. The summed E-state index contributed by atoms with van der Waals surface area (Å²) >= 11 is 0. The van der Waals surface area contributed by atoms with Crippen LogP contribution >= 0.6 is 0 Å². The summed E-state index contributed by atoms with van der Waals surface area (Å²) < 4.78 is 30.4. The second kappa shape index (κ2) is 14.7. The van der Waals surface area contributed by atoms with E-state index in [1.165, 1.54) is 24.3 Å². The third-order valence-electron chi connectivity index (χ3n) is 9.57. The van der Waals surface area contributed by atoms with Crippen LogP contribution in [0.3, 0.4) is 0 Å². The van der Waals surface area contributed by atoms with E-state index in [4.69, 9.17) is 9.97 Å². The van der Waals surface area contributed by atoms with Crippen LogP contribution in [0, 0.1) is 11.6 Å². The number of aromatic carboxylic acids is 1. The van der Waals surface area contributed by atoms with Gasteiger partial charge < -0.3 is 10.2 Å². The van der Waals surface area contributed by atoms with Crippen molar-refractivity contribution in [2.24, 2.45) is 0 Å². The van der Waals surface area contributed by atoms with Gasteiger partial charge in [0.2, 0.25) is 11.6 Å². The molecule has 0 atom stereocenters. The molecule has 0 spiro atoms. The SMILES string of the molecule is CC(C)c1nc2c(c(-c3ccc(F)cc3)c1C(=O)O)CCCn1nnnc1-2.CC(C)c1nc2c(c(-c3ccc(F)cc3)c1CO)CCCn1nnnc1-2. The molecule has 6 aromatic rings. The molecule has 0 saturated carbocycles. The minimum Gasteiger partial charge on any atom is -0.478 e. The van der Waals surface area contributed by atoms with Crippen molar-refractivity contribution in [2.45, 2.75) is 84.9 Å². The van der Waals surface area contributed by atoms with E-state index in [1.54, 1.807) is 33.6 Å². The predicted molar refractivity (Wildman–Crippen MR) is 191 cm³/mol. The standard InChI is InChI=1S/C19H18FN5O2.C19H20FN5O/c1-10(2)16-15(19(26)27)14(11-5-7-12(20)8-6-11)13-4-3-9-25-18(17(13)21-16)22-23-24-25;1-11(2)17-15(10-26)16(12-5-7-13(20)8-6-12)14-4-3-9-25-19(18(14)21-17)22-23-24-25/h5-8,10H,3-4,9H2,1-2H3,(H,26,27);5-8,11,26H,3-4,9-10H2,1-2H3. The van der Waals surface area contributed by atoms with Gasteiger partial charge in [-0.15, -0.1) is 10.2 Å². The summed E-state index contributed by atoms with van der Waals surface area (Å²) in [7, 11) is 0. The quantitative estimate of drug-likeness (QED) is 0.195. The Morgan fingerprint density at radius 2 is 1.17 bits per heavy atom. The zero-order valence-electron chi connectivity index (χ0n) is 29.8. The Balaban J connectivity index is 0.000000164. The van der Waals surface area contributed by atoms with Crippen LogP contribution in [0.5, 0.6) is 0 Å². The fraction of sp³-hybridized carbons (Fsp3) is 0.342. The second-order valence-corrected chi connectivity index (χ2v) is 13.7. The van der Waals surface area contributed by atoms with Crippen LogP contribution < -0.4 is 0 Å². The number of carboxylic acid groups (broad SMARTS) is 1. The van der Waals surface area contributed by atoms with E-state index >= 15 is 0 Å². The van der Waals surface area contributed by atoms with Crippen LogP contribution in [-0.2, 0) is 32.5 Å². The van der Waals surface area contributed by atoms with Gasteiger partial charge in [0.25, 0.3) is 0 Å². The molecule has 4 aromatic heterocycles. The number of carbonyl (C=O) groups is 1. The van der Waals surface area contributed by atoms with Gasteiger partial charge in [0.15, 0.2) is 0 Å². The highest BCUT2D eigenvalue weighted by Crippen LogP contribution is 2.41. The summed E-state index contributed by atoms with van der Waals surface area (Å²) in [6.45, 7) is 9.11. The lowest BCUT2D eigenvalue weighted by atomic mass is 9.87. The van der Waals surface area contributed by atoms with E-state index in [0.717, 1.165) is 58.5 Å². The number of halogens is 2. The van der Waals surface area contributed by atoms with Crippen LogP contribution in [0.4, 0.5) is 8.78 Å². The largest absolute Gasteiger partial charge is 0.478 e. The Labute approximate surface area is 303 Å². The number of aliphatic hydroxyl groups is 1. The number of aryl methyl sites for hydroxylation is 2. The summed E-state index contributed by atoms with van der Waals surface area (Å²) in [5.41, 5.74) is 8.44. The summed E-state index contributed by atoms with van der Waals surface area (Å²) in [5.74, 6) is -0.521. The molecule has 13 nitrogen and oxygen atoms in total. The van der Waals surface area contributed by atoms with Crippen molar-refractivity contribution in [1.82, 2.24) is 50.4 Å². The summed E-state index contributed by atoms with van der Waals surface area (Å²) in [5, 5.41) is 44.0. The number of carboxylic acids is 1. The average Bonchev–Trinajstić information content (AvgIpc) is 3.73. The monoisotopic (exact) mass is 720 g/mol. The smallest absolute Gasteiger partial charge is 0.338 e. The number of aliphatic hydroxyl groups excluding tert-OH is 1. The Morgan fingerprint density at radius 1 is 0.717 bits per heavy atom. The highest BCUT2D eigenvalue weighted by molar-refractivity contribution is 5.99. The van der Waals surface area contributed by atoms with Gasteiger partial charge >= 0.3 is 5.97 Å². The van der Waals surface area contributed by atoms with E-state index in [9.17, 15) is 23.8 Å². The predicted octanol–water partition coefficient (Wildman–Crippen LogP) is 6.41. The number of nitrogens with zero attached hydrogens (tertiary/aromatic N) is 10. The molecule has 53 heavy (non-hydrogen) atoms. The number of tetrazole rings is 2. The van der Waals surface area contributed by atoms with E-state index in [0.29, 0.717) is 53.7 Å². The lowest BCUT2D eigenvalue weighted by Gasteiger charge is -2.21. The van der Waals surface area contributed by atoms with Crippen LogP contribution in [0.15, 0.2) is 48.5 Å². The molecule has 2 aromatic carbocycles. The molecular weight excluding hydrogens is 682 g/mol. The molecule has 2 N–H and O–H groups in total. The van der Waals surface area contributed by atoms with Crippen molar-refractivity contribution >= 4 is 5.97 Å². The first-order valence-electron chi connectivity index (χ1n) is 17.6. The zero-order valence-corrected chi connectivity index (χ0v) is 29.8. The molecule has 0 fully saturated rings. The number of benzene rings is 2. The average molecular weight is 721 g/mol. The third-order valence-corrected chi connectivity index (χ3v) is 9.57. The van der Waals surface area contributed by atoms with Gasteiger partial charge in [-0.2, -0.15) is 0 Å². The van der Waals surface area contributed by atoms with Gasteiger partial charge in [0.1, 0.15) is 23.0 Å². The normalized spacial score (nSPS) is 13.3. The second-order valence-electron chi connectivity index (χ2n) is 13.7. The van der Waals surface area contributed by atoms with Crippen molar-refractivity contribution in [3.63, 3.8) is 0 Å². The number of pyridine rings is 2. The van der Waals surface area contributed by atoms with Gasteiger partial charge in [0, 0.05) is 29.9 Å². The number of hydrogen-bond donors (Lipinski definition) is 2. The molecule has 15 heteroatoms. The van der Waals surface area contributed by atoms with Gasteiger partial charge in [-0.3, -0.25) is 0 Å². The third kappa shape index (κ3) is 6.67. The van der Waals surface area contributed by atoms with Crippen molar-refractivity contribution in [3.8, 4) is 45.3 Å². The van der Waals surface area contributed by atoms with Gasteiger partial charge in [-0.1, -0.05) is 52.0 Å². The van der Waals surface area contributed by atoms with E-state index in [2.05, 4.69) is 31.1 Å². The molecule has 2 aliphatic heterocycles. The van der Waals surface area contributed by atoms with Crippen LogP contribution in [0.1, 0.15) is 90.8 Å². The first-order valence-corrected chi connectivity index (χ1v) is 17.6. The molecule has 6 heterocycles. The fourth-order valence-electron chi connectivity index (χ4n) is 7.21. The fourth-order valence-corrected chi connectivity index (χ4v) is 7.21. The van der Waals surface area contributed by atoms with Crippen molar-refractivity contribution in [3.05, 3.63) is 93.8 Å². The Morgan fingerprint density at radius 3 is 1.62 bits per heavy atom. The van der Waals surface area contributed by atoms with Gasteiger partial charge in [-0.05, 0) is 110 Å². The highest BCUT2D eigenvalue weighted by Gasteiger charge is 2.31. The first kappa shape index (κ1) is 35.6. The molecular formula is C38H38F2N10O3. The van der Waals surface area contributed by atoms with Crippen molar-refractivity contribution in [2.75, 3.05) is 0 Å². The number of hydrogen-bond acceptors (Lipinski definition) is 10. The van der Waals surface area contributed by atoms with Crippen molar-refractivity contribution < 1.29 is 23.8 Å². The van der Waals surface area contributed by atoms with Crippen LogP contribution in [-0.4, -0.2) is 66.6 Å². The topological polar surface area (TPSA) is 171 Å². The lowest BCUT2D eigenvalue weighted by molar-refractivity contribution is 0.0695. The Bertz CT molecular complexity index is 2300. The number of rotatable bonds is 6. The lowest BCUT2D eigenvalue weighted by Crippen LogP contribution is -2.13.